The van der Waals surface area contributed by atoms with Crippen LogP contribution < -0.4 is 4.52 Å². The molecule has 0 aliphatic carbocycles. The SMILES string of the molecule is CCc1ccccc1.O=P(O)(O)Oc1cc(Cl)c(Cl)cc1Cl. The lowest BCUT2D eigenvalue weighted by Crippen LogP contribution is -1.91. The molecule has 0 aromatic heterocycles. The Morgan fingerprint density at radius 1 is 1.00 bits per heavy atom. The molecule has 8 heteroatoms. The highest BCUT2D eigenvalue weighted by atomic mass is 35.5. The largest absolute Gasteiger partial charge is 0.524 e. The number of hydrogen-bond donors (Lipinski definition) is 2. The highest BCUT2D eigenvalue weighted by Crippen LogP contribution is 2.43. The summed E-state index contributed by atoms with van der Waals surface area (Å²) in [5.41, 5.74) is 1.41. The normalized spacial score (nSPS) is 10.6. The molecule has 0 amide bonds. The van der Waals surface area contributed by atoms with Gasteiger partial charge in [0.15, 0.2) is 5.75 Å². The summed E-state index contributed by atoms with van der Waals surface area (Å²) in [6.45, 7) is 2.16. The van der Waals surface area contributed by atoms with Crippen LogP contribution in [0.5, 0.6) is 5.75 Å². The van der Waals surface area contributed by atoms with Gasteiger partial charge in [0.05, 0.1) is 15.1 Å². The Kier molecular flexibility index (Phi) is 7.70. The standard InChI is InChI=1S/C8H10.C6H4Cl3O4P/c1-2-8-6-4-3-5-7-8;7-3-1-5(9)6(2-4(3)8)13-14(10,11)12/h3-7H,2H2,1H3;1-2H,(H2,10,11,12). The Morgan fingerprint density at radius 3 is 2.00 bits per heavy atom. The molecular weight excluding hydrogens is 369 g/mol. The molecule has 0 spiro atoms. The molecule has 2 N–H and O–H groups in total. The molecule has 0 unspecified atom stereocenters. The lowest BCUT2D eigenvalue weighted by atomic mass is 10.2. The lowest BCUT2D eigenvalue weighted by molar-refractivity contribution is 0.283. The van der Waals surface area contributed by atoms with Gasteiger partial charge in [0.2, 0.25) is 0 Å². The number of halogens is 3. The first-order chi connectivity index (χ1) is 10.2. The number of benzene rings is 2. The first kappa shape index (κ1) is 19.3. The van der Waals surface area contributed by atoms with Gasteiger partial charge in [-0.3, -0.25) is 9.79 Å². The van der Waals surface area contributed by atoms with E-state index in [1.165, 1.54) is 11.6 Å². The summed E-state index contributed by atoms with van der Waals surface area (Å²) < 4.78 is 14.7. The molecule has 4 nitrogen and oxygen atoms in total. The predicted octanol–water partition coefficient (Wildman–Crippen LogP) is 5.37. The van der Waals surface area contributed by atoms with Gasteiger partial charge in [0, 0.05) is 6.07 Å². The molecule has 2 rings (SSSR count). The molecule has 0 saturated heterocycles. The molecule has 0 saturated carbocycles. The van der Waals surface area contributed by atoms with Crippen molar-refractivity contribution in [3.8, 4) is 5.75 Å². The van der Waals surface area contributed by atoms with Crippen molar-refractivity contribution in [3.63, 3.8) is 0 Å². The minimum absolute atomic E-state index is 0.0253. The molecule has 22 heavy (non-hydrogen) atoms. The number of rotatable bonds is 3. The van der Waals surface area contributed by atoms with Crippen LogP contribution >= 0.6 is 42.6 Å². The zero-order valence-electron chi connectivity index (χ0n) is 11.5. The Balaban J connectivity index is 0.000000255. The number of hydrogen-bond acceptors (Lipinski definition) is 2. The van der Waals surface area contributed by atoms with E-state index in [0.717, 1.165) is 12.5 Å². The molecule has 120 valence electrons. The summed E-state index contributed by atoms with van der Waals surface area (Å²) in [4.78, 5) is 17.0. The highest BCUT2D eigenvalue weighted by molar-refractivity contribution is 7.46. The third-order valence-electron chi connectivity index (χ3n) is 2.44. The van der Waals surface area contributed by atoms with E-state index in [1.54, 1.807) is 0 Å². The summed E-state index contributed by atoms with van der Waals surface area (Å²) in [5, 5.41) is 0.247. The Labute approximate surface area is 143 Å². The van der Waals surface area contributed by atoms with Crippen molar-refractivity contribution in [2.75, 3.05) is 0 Å². The number of phosphoric ester groups is 1. The molecule has 0 fully saturated rings. The number of aryl methyl sites for hydroxylation is 1. The van der Waals surface area contributed by atoms with E-state index in [4.69, 9.17) is 44.6 Å². The van der Waals surface area contributed by atoms with Crippen LogP contribution in [0.2, 0.25) is 15.1 Å². The van der Waals surface area contributed by atoms with Crippen molar-refractivity contribution in [2.45, 2.75) is 13.3 Å². The van der Waals surface area contributed by atoms with Gasteiger partial charge in [-0.05, 0) is 18.1 Å². The van der Waals surface area contributed by atoms with E-state index < -0.39 is 7.82 Å². The van der Waals surface area contributed by atoms with E-state index >= 15 is 0 Å². The first-order valence-corrected chi connectivity index (χ1v) is 8.83. The second kappa shape index (κ2) is 8.78. The molecule has 0 bridgehead atoms. The third-order valence-corrected chi connectivity index (χ3v) is 3.90. The van der Waals surface area contributed by atoms with Gasteiger partial charge < -0.3 is 4.52 Å². The van der Waals surface area contributed by atoms with Gasteiger partial charge in [0.1, 0.15) is 0 Å². The molecule has 0 aliphatic rings. The summed E-state index contributed by atoms with van der Waals surface area (Å²) in [6, 6.07) is 12.8. The van der Waals surface area contributed by atoms with Crippen LogP contribution in [0.15, 0.2) is 42.5 Å². The van der Waals surface area contributed by atoms with E-state index in [2.05, 4.69) is 35.7 Å². The summed E-state index contributed by atoms with van der Waals surface area (Å²) in [5.74, 6) is -0.214. The van der Waals surface area contributed by atoms with Crippen molar-refractivity contribution in [1.82, 2.24) is 0 Å². The van der Waals surface area contributed by atoms with Crippen LogP contribution in [-0.2, 0) is 11.0 Å². The summed E-state index contributed by atoms with van der Waals surface area (Å²) in [6.07, 6.45) is 1.14. The van der Waals surface area contributed by atoms with E-state index in [0.29, 0.717) is 0 Å². The quantitative estimate of drug-likeness (QED) is 0.552. The third kappa shape index (κ3) is 7.01. The first-order valence-electron chi connectivity index (χ1n) is 6.16. The van der Waals surface area contributed by atoms with Crippen molar-refractivity contribution in [1.29, 1.82) is 0 Å². The molecular formula is C14H14Cl3O4P. The van der Waals surface area contributed by atoms with Crippen LogP contribution in [0.3, 0.4) is 0 Å². The maximum atomic E-state index is 10.5. The minimum Gasteiger partial charge on any atom is -0.403 e. The zero-order chi connectivity index (χ0) is 16.8. The predicted molar refractivity (Wildman–Crippen MR) is 90.0 cm³/mol. The molecule has 2 aromatic rings. The average Bonchev–Trinajstić information content (AvgIpc) is 2.45. The van der Waals surface area contributed by atoms with Crippen molar-refractivity contribution in [3.05, 3.63) is 63.1 Å². The van der Waals surface area contributed by atoms with E-state index in [9.17, 15) is 4.57 Å². The van der Waals surface area contributed by atoms with Crippen LogP contribution in [-0.4, -0.2) is 9.79 Å². The Bertz CT molecular complexity index is 659. The van der Waals surface area contributed by atoms with E-state index in [-0.39, 0.29) is 20.8 Å². The van der Waals surface area contributed by atoms with Gasteiger partial charge in [0.25, 0.3) is 0 Å². The van der Waals surface area contributed by atoms with Crippen LogP contribution in [0, 0.1) is 0 Å². The van der Waals surface area contributed by atoms with Crippen molar-refractivity contribution < 1.29 is 18.9 Å². The van der Waals surface area contributed by atoms with Crippen LogP contribution in [0.1, 0.15) is 12.5 Å². The van der Waals surface area contributed by atoms with Gasteiger partial charge >= 0.3 is 7.82 Å². The Morgan fingerprint density at radius 2 is 1.55 bits per heavy atom. The molecule has 0 atom stereocenters. The maximum Gasteiger partial charge on any atom is 0.524 e. The maximum absolute atomic E-state index is 10.5. The molecule has 2 aromatic carbocycles. The fourth-order valence-electron chi connectivity index (χ4n) is 1.42. The van der Waals surface area contributed by atoms with Gasteiger partial charge in [-0.15, -0.1) is 0 Å². The van der Waals surface area contributed by atoms with Crippen LogP contribution in [0.25, 0.3) is 0 Å². The lowest BCUT2D eigenvalue weighted by Gasteiger charge is -2.09. The average molecular weight is 384 g/mol. The second-order valence-electron chi connectivity index (χ2n) is 4.12. The van der Waals surface area contributed by atoms with Gasteiger partial charge in [-0.1, -0.05) is 72.1 Å². The van der Waals surface area contributed by atoms with Crippen molar-refractivity contribution in [2.24, 2.45) is 0 Å². The van der Waals surface area contributed by atoms with Gasteiger partial charge in [-0.25, -0.2) is 4.57 Å². The number of phosphoric acid groups is 1. The van der Waals surface area contributed by atoms with Crippen molar-refractivity contribution >= 4 is 42.6 Å². The molecule has 0 radical (unpaired) electrons. The zero-order valence-corrected chi connectivity index (χ0v) is 14.7. The van der Waals surface area contributed by atoms with E-state index in [1.807, 2.05) is 6.07 Å². The van der Waals surface area contributed by atoms with Crippen LogP contribution in [0.4, 0.5) is 0 Å². The monoisotopic (exact) mass is 382 g/mol. The minimum atomic E-state index is -4.64. The fourth-order valence-corrected chi connectivity index (χ4v) is 2.45. The Hall–Kier alpha value is -0.740. The summed E-state index contributed by atoms with van der Waals surface area (Å²) >= 11 is 16.8. The van der Waals surface area contributed by atoms with Gasteiger partial charge in [-0.2, -0.15) is 0 Å². The highest BCUT2D eigenvalue weighted by Gasteiger charge is 2.19. The summed E-state index contributed by atoms with van der Waals surface area (Å²) in [7, 11) is -4.64. The molecule has 0 aliphatic heterocycles. The fraction of sp³-hybridized carbons (Fsp3) is 0.143. The second-order valence-corrected chi connectivity index (χ2v) is 6.50. The topological polar surface area (TPSA) is 66.8 Å². The smallest absolute Gasteiger partial charge is 0.403 e. The molecule has 0 heterocycles.